The quantitative estimate of drug-likeness (QED) is 0.716. The molecule has 8 heteroatoms. The summed E-state index contributed by atoms with van der Waals surface area (Å²) in [5.41, 5.74) is 0.338. The first-order valence-electron chi connectivity index (χ1n) is 8.52. The highest BCUT2D eigenvalue weighted by atomic mass is 16.2. The number of carbonyl (C=O) groups is 1. The Morgan fingerprint density at radius 3 is 2.85 bits per heavy atom. The summed E-state index contributed by atoms with van der Waals surface area (Å²) in [6, 6.07) is 8.23. The number of hydrogen-bond donors (Lipinski definition) is 1. The number of amides is 1. The third kappa shape index (κ3) is 5.51. The molecular weight excluding hydrogens is 344 g/mol. The van der Waals surface area contributed by atoms with Crippen LogP contribution in [0.15, 0.2) is 47.9 Å². The molecule has 140 valence electrons. The lowest BCUT2D eigenvalue weighted by atomic mass is 10.1. The number of nitrogens with zero attached hydrogens (tertiary/aromatic N) is 5. The van der Waals surface area contributed by atoms with E-state index in [2.05, 4.69) is 28.9 Å². The van der Waals surface area contributed by atoms with E-state index in [0.29, 0.717) is 11.5 Å². The number of rotatable bonds is 8. The molecule has 0 aliphatic rings. The Morgan fingerprint density at radius 2 is 2.22 bits per heavy atom. The maximum atomic E-state index is 12.2. The van der Waals surface area contributed by atoms with Crippen molar-refractivity contribution >= 4 is 17.4 Å². The fourth-order valence-corrected chi connectivity index (χ4v) is 2.39. The van der Waals surface area contributed by atoms with Crippen molar-refractivity contribution in [3.8, 4) is 6.07 Å². The van der Waals surface area contributed by atoms with Gasteiger partial charge in [-0.15, -0.1) is 6.58 Å². The van der Waals surface area contributed by atoms with E-state index in [9.17, 15) is 9.59 Å². The van der Waals surface area contributed by atoms with E-state index in [-0.39, 0.29) is 23.8 Å². The van der Waals surface area contributed by atoms with Gasteiger partial charge in [-0.3, -0.25) is 9.59 Å². The Hall–Kier alpha value is -3.47. The second-order valence-electron chi connectivity index (χ2n) is 6.11. The van der Waals surface area contributed by atoms with Crippen LogP contribution in [0, 0.1) is 11.3 Å². The summed E-state index contributed by atoms with van der Waals surface area (Å²) in [5, 5.41) is 15.7. The van der Waals surface area contributed by atoms with E-state index >= 15 is 0 Å². The molecule has 1 N–H and O–H groups in total. The van der Waals surface area contributed by atoms with Gasteiger partial charge >= 0.3 is 0 Å². The number of nitriles is 1. The third-order valence-electron chi connectivity index (χ3n) is 4.12. The monoisotopic (exact) mass is 366 g/mol. The molecule has 2 rings (SSSR count). The molecule has 2 aromatic rings. The number of anilines is 2. The van der Waals surface area contributed by atoms with Crippen LogP contribution in [0.1, 0.15) is 25.5 Å². The van der Waals surface area contributed by atoms with Crippen molar-refractivity contribution in [3.63, 3.8) is 0 Å². The average molecular weight is 366 g/mol. The zero-order valence-electron chi connectivity index (χ0n) is 15.4. The number of allylic oxidation sites excluding steroid dienone is 1. The Morgan fingerprint density at radius 1 is 1.44 bits per heavy atom. The minimum absolute atomic E-state index is 0.208. The molecular formula is C19H22N6O2. The number of hydrogen-bond acceptors (Lipinski definition) is 6. The normalized spacial score (nSPS) is 11.3. The maximum Gasteiger partial charge on any atom is 0.267 e. The summed E-state index contributed by atoms with van der Waals surface area (Å²) in [6.07, 6.45) is 5.04. The first-order chi connectivity index (χ1) is 12.9. The lowest BCUT2D eigenvalue weighted by molar-refractivity contribution is -0.117. The summed E-state index contributed by atoms with van der Waals surface area (Å²) < 4.78 is 1.12. The van der Waals surface area contributed by atoms with Crippen LogP contribution >= 0.6 is 0 Å². The molecule has 1 unspecified atom stereocenters. The van der Waals surface area contributed by atoms with Crippen molar-refractivity contribution in [1.82, 2.24) is 14.8 Å². The van der Waals surface area contributed by atoms with Crippen LogP contribution in [-0.2, 0) is 11.3 Å². The van der Waals surface area contributed by atoms with Gasteiger partial charge in [0.05, 0.1) is 11.9 Å². The topological polar surface area (TPSA) is 104 Å². The summed E-state index contributed by atoms with van der Waals surface area (Å²) >= 11 is 0. The zero-order valence-corrected chi connectivity index (χ0v) is 15.4. The minimum Gasteiger partial charge on any atom is -0.356 e. The number of nitrogens with one attached hydrogen (secondary N) is 1. The molecule has 0 saturated carbocycles. The summed E-state index contributed by atoms with van der Waals surface area (Å²) in [4.78, 5) is 30.1. The zero-order chi connectivity index (χ0) is 19.8. The Labute approximate surface area is 157 Å². The van der Waals surface area contributed by atoms with Gasteiger partial charge in [-0.1, -0.05) is 6.08 Å². The Balaban J connectivity index is 2.08. The van der Waals surface area contributed by atoms with Gasteiger partial charge in [0.2, 0.25) is 5.91 Å². The van der Waals surface area contributed by atoms with Crippen molar-refractivity contribution in [3.05, 3.63) is 59.2 Å². The highest BCUT2D eigenvalue weighted by molar-refractivity contribution is 5.90. The highest BCUT2D eigenvalue weighted by Gasteiger charge is 2.13. The van der Waals surface area contributed by atoms with E-state index in [0.717, 1.165) is 17.5 Å². The molecule has 0 fully saturated rings. The second-order valence-corrected chi connectivity index (χ2v) is 6.11. The van der Waals surface area contributed by atoms with Crippen LogP contribution in [0.2, 0.25) is 0 Å². The smallest absolute Gasteiger partial charge is 0.267 e. The number of aromatic nitrogens is 3. The van der Waals surface area contributed by atoms with Gasteiger partial charge in [-0.2, -0.15) is 10.4 Å². The molecule has 2 aromatic heterocycles. The third-order valence-corrected chi connectivity index (χ3v) is 4.12. The van der Waals surface area contributed by atoms with E-state index in [1.165, 1.54) is 18.3 Å². The molecule has 1 atom stereocenters. The van der Waals surface area contributed by atoms with E-state index in [1.54, 1.807) is 12.1 Å². The van der Waals surface area contributed by atoms with Crippen LogP contribution in [0.5, 0.6) is 0 Å². The van der Waals surface area contributed by atoms with Crippen LogP contribution < -0.4 is 15.8 Å². The molecule has 0 radical (unpaired) electrons. The van der Waals surface area contributed by atoms with Crippen LogP contribution in [-0.4, -0.2) is 33.8 Å². The van der Waals surface area contributed by atoms with Gasteiger partial charge in [0.1, 0.15) is 24.1 Å². The van der Waals surface area contributed by atoms with Crippen LogP contribution in [0.3, 0.4) is 0 Å². The molecule has 8 nitrogen and oxygen atoms in total. The molecule has 0 spiro atoms. The fraction of sp³-hybridized carbons (Fsp3) is 0.316. The van der Waals surface area contributed by atoms with Gasteiger partial charge in [-0.25, -0.2) is 9.67 Å². The summed E-state index contributed by atoms with van der Waals surface area (Å²) in [5.74, 6) is 0.203. The predicted octanol–water partition coefficient (Wildman–Crippen LogP) is 1.94. The number of pyridine rings is 1. The standard InChI is InChI=1S/C19H22N6O2/c1-4-5-6-14(2)24(3)17-9-10-19(27)25(23-17)13-18(26)22-16-8-7-15(11-20)21-12-16/h4,7-10,12,14H,1,5-6,13H2,2-3H3,(H,22,26). The first kappa shape index (κ1) is 19.8. The minimum atomic E-state index is -0.407. The number of carbonyl (C=O) groups excluding carboxylic acids is 1. The van der Waals surface area contributed by atoms with E-state index in [4.69, 9.17) is 5.26 Å². The molecule has 1 amide bonds. The van der Waals surface area contributed by atoms with Crippen molar-refractivity contribution in [1.29, 1.82) is 5.26 Å². The molecule has 0 bridgehead atoms. The van der Waals surface area contributed by atoms with Crippen molar-refractivity contribution in [2.75, 3.05) is 17.3 Å². The molecule has 0 aliphatic carbocycles. The second kappa shape index (κ2) is 9.29. The molecule has 2 heterocycles. The van der Waals surface area contributed by atoms with Gasteiger partial charge in [0.25, 0.3) is 5.56 Å². The van der Waals surface area contributed by atoms with Gasteiger partial charge < -0.3 is 10.2 Å². The lowest BCUT2D eigenvalue weighted by Gasteiger charge is -2.25. The highest BCUT2D eigenvalue weighted by Crippen LogP contribution is 2.13. The van der Waals surface area contributed by atoms with Crippen LogP contribution in [0.25, 0.3) is 0 Å². The first-order valence-corrected chi connectivity index (χ1v) is 8.52. The van der Waals surface area contributed by atoms with Gasteiger partial charge in [0.15, 0.2) is 0 Å². The van der Waals surface area contributed by atoms with Gasteiger partial charge in [0, 0.05) is 19.2 Å². The average Bonchev–Trinajstić information content (AvgIpc) is 2.67. The molecule has 0 aromatic carbocycles. The Bertz CT molecular complexity index is 898. The molecule has 27 heavy (non-hydrogen) atoms. The van der Waals surface area contributed by atoms with Crippen molar-refractivity contribution in [2.24, 2.45) is 0 Å². The van der Waals surface area contributed by atoms with Crippen molar-refractivity contribution < 1.29 is 4.79 Å². The Kier molecular flexibility index (Phi) is 6.83. The van der Waals surface area contributed by atoms with Crippen molar-refractivity contribution in [2.45, 2.75) is 32.4 Å². The fourth-order valence-electron chi connectivity index (χ4n) is 2.39. The summed E-state index contributed by atoms with van der Waals surface area (Å²) in [6.45, 7) is 5.56. The lowest BCUT2D eigenvalue weighted by Crippen LogP contribution is -2.34. The van der Waals surface area contributed by atoms with E-state index in [1.807, 2.05) is 24.1 Å². The predicted molar refractivity (Wildman–Crippen MR) is 103 cm³/mol. The summed E-state index contributed by atoms with van der Waals surface area (Å²) in [7, 11) is 1.90. The molecule has 0 aliphatic heterocycles. The molecule has 0 saturated heterocycles. The SMILES string of the molecule is C=CCCC(C)N(C)c1ccc(=O)n(CC(=O)Nc2ccc(C#N)nc2)n1. The largest absolute Gasteiger partial charge is 0.356 e. The maximum absolute atomic E-state index is 12.2. The van der Waals surface area contributed by atoms with E-state index < -0.39 is 5.91 Å². The van der Waals surface area contributed by atoms with Crippen LogP contribution in [0.4, 0.5) is 11.5 Å². The van der Waals surface area contributed by atoms with Gasteiger partial charge in [-0.05, 0) is 38.0 Å².